The highest BCUT2D eigenvalue weighted by atomic mass is 32.2. The fraction of sp³-hybridized carbons (Fsp3) is 0.667. The highest BCUT2D eigenvalue weighted by Crippen LogP contribution is 2.25. The molecule has 0 radical (unpaired) electrons. The zero-order valence-corrected chi connectivity index (χ0v) is 20.2. The molecule has 0 bridgehead atoms. The maximum atomic E-state index is 13.1. The van der Waals surface area contributed by atoms with Crippen molar-refractivity contribution < 1.29 is 21.6 Å². The maximum absolute atomic E-state index is 13.1. The van der Waals surface area contributed by atoms with Gasteiger partial charge in [0.25, 0.3) is 0 Å². The molecular weight excluding hydrogens is 438 g/mol. The van der Waals surface area contributed by atoms with Gasteiger partial charge in [-0.1, -0.05) is 19.1 Å². The third-order valence-corrected chi connectivity index (χ3v) is 10.3. The molecule has 174 valence electrons. The Morgan fingerprint density at radius 3 is 2.13 bits per heavy atom. The van der Waals surface area contributed by atoms with E-state index in [-0.39, 0.29) is 30.7 Å². The lowest BCUT2D eigenvalue weighted by Crippen LogP contribution is -2.53. The molecule has 0 spiro atoms. The van der Waals surface area contributed by atoms with Gasteiger partial charge >= 0.3 is 0 Å². The van der Waals surface area contributed by atoms with Crippen LogP contribution < -0.4 is 0 Å². The van der Waals surface area contributed by atoms with Crippen LogP contribution in [0.4, 0.5) is 0 Å². The molecule has 0 unspecified atom stereocenters. The number of piperidine rings is 1. The van der Waals surface area contributed by atoms with E-state index in [0.717, 1.165) is 5.56 Å². The van der Waals surface area contributed by atoms with Gasteiger partial charge in [0.15, 0.2) is 0 Å². The van der Waals surface area contributed by atoms with Crippen LogP contribution >= 0.6 is 0 Å². The average Bonchev–Trinajstić information content (AvgIpc) is 2.75. The Kier molecular flexibility index (Phi) is 7.45. The molecule has 31 heavy (non-hydrogen) atoms. The summed E-state index contributed by atoms with van der Waals surface area (Å²) in [5.41, 5.74) is 1.61. The van der Waals surface area contributed by atoms with E-state index in [1.165, 1.54) is 8.61 Å². The number of hydrogen-bond donors (Lipinski definition) is 0. The Hall–Kier alpha value is -1.49. The van der Waals surface area contributed by atoms with E-state index in [1.54, 1.807) is 17.9 Å². The highest BCUT2D eigenvalue weighted by Gasteiger charge is 2.36. The molecule has 0 N–H and O–H groups in total. The number of rotatable bonds is 6. The van der Waals surface area contributed by atoms with E-state index in [0.29, 0.717) is 55.9 Å². The molecule has 0 saturated carbocycles. The molecule has 0 atom stereocenters. The highest BCUT2D eigenvalue weighted by molar-refractivity contribution is 7.89. The Balaban J connectivity index is 1.58. The molecular formula is C21H33N3O5S2. The molecule has 0 aromatic heterocycles. The van der Waals surface area contributed by atoms with Crippen molar-refractivity contribution in [2.24, 2.45) is 5.92 Å². The van der Waals surface area contributed by atoms with Crippen LogP contribution in [0.3, 0.4) is 0 Å². The van der Waals surface area contributed by atoms with Crippen LogP contribution in [0.1, 0.15) is 37.3 Å². The van der Waals surface area contributed by atoms with E-state index in [9.17, 15) is 21.6 Å². The number of carbonyl (C=O) groups is 1. The standard InChI is InChI=1S/C21H33N3O5S2/c1-4-15-30(26,27)23-9-7-19(8-10-23)21(25)22-11-13-24(14-12-22)31(28,29)20-16-17(2)5-6-18(20)3/h5-6,16,19H,4,7-15H2,1-3H3. The van der Waals surface area contributed by atoms with Crippen molar-refractivity contribution in [3.8, 4) is 0 Å². The molecule has 10 heteroatoms. The number of hydrogen-bond acceptors (Lipinski definition) is 5. The second-order valence-corrected chi connectivity index (χ2v) is 12.5. The molecule has 2 heterocycles. The van der Waals surface area contributed by atoms with Gasteiger partial charge < -0.3 is 4.90 Å². The quantitative estimate of drug-likeness (QED) is 0.628. The molecule has 2 aliphatic rings. The first-order valence-corrected chi connectivity index (χ1v) is 13.9. The number of carbonyl (C=O) groups excluding carboxylic acids is 1. The Bertz CT molecular complexity index is 1010. The Labute approximate surface area is 186 Å². The summed E-state index contributed by atoms with van der Waals surface area (Å²) >= 11 is 0. The van der Waals surface area contributed by atoms with Gasteiger partial charge in [0.1, 0.15) is 0 Å². The van der Waals surface area contributed by atoms with Gasteiger partial charge in [-0.3, -0.25) is 4.79 Å². The summed E-state index contributed by atoms with van der Waals surface area (Å²) in [4.78, 5) is 15.0. The predicted molar refractivity (Wildman–Crippen MR) is 120 cm³/mol. The molecule has 1 amide bonds. The minimum Gasteiger partial charge on any atom is -0.340 e. The third kappa shape index (κ3) is 5.30. The van der Waals surface area contributed by atoms with Gasteiger partial charge in [-0.15, -0.1) is 0 Å². The summed E-state index contributed by atoms with van der Waals surface area (Å²) in [6, 6.07) is 5.40. The summed E-state index contributed by atoms with van der Waals surface area (Å²) in [7, 11) is -6.83. The predicted octanol–water partition coefficient (Wildman–Crippen LogP) is 1.59. The number of piperazine rings is 1. The molecule has 2 saturated heterocycles. The van der Waals surface area contributed by atoms with Crippen molar-refractivity contribution in [3.05, 3.63) is 29.3 Å². The van der Waals surface area contributed by atoms with Gasteiger partial charge in [-0.2, -0.15) is 4.31 Å². The fourth-order valence-corrected chi connectivity index (χ4v) is 7.57. The number of benzene rings is 1. The smallest absolute Gasteiger partial charge is 0.243 e. The van der Waals surface area contributed by atoms with Gasteiger partial charge in [0, 0.05) is 45.2 Å². The van der Waals surface area contributed by atoms with Crippen molar-refractivity contribution in [1.29, 1.82) is 0 Å². The minimum absolute atomic E-state index is 0.0105. The Morgan fingerprint density at radius 1 is 0.935 bits per heavy atom. The number of aryl methyl sites for hydroxylation is 2. The summed E-state index contributed by atoms with van der Waals surface area (Å²) in [5, 5.41) is 0. The van der Waals surface area contributed by atoms with Crippen LogP contribution in [0.25, 0.3) is 0 Å². The second kappa shape index (κ2) is 9.56. The van der Waals surface area contributed by atoms with Crippen LogP contribution in [-0.2, 0) is 24.8 Å². The number of sulfonamides is 2. The van der Waals surface area contributed by atoms with Crippen LogP contribution in [-0.4, -0.2) is 81.3 Å². The first-order chi connectivity index (χ1) is 14.6. The van der Waals surface area contributed by atoms with Crippen molar-refractivity contribution in [1.82, 2.24) is 13.5 Å². The third-order valence-electron chi connectivity index (χ3n) is 6.17. The zero-order chi connectivity index (χ0) is 22.8. The Morgan fingerprint density at radius 2 is 1.55 bits per heavy atom. The summed E-state index contributed by atoms with van der Waals surface area (Å²) in [6.45, 7) is 7.51. The normalized spacial score (nSPS) is 20.2. The fourth-order valence-electron chi connectivity index (χ4n) is 4.30. The number of amides is 1. The summed E-state index contributed by atoms with van der Waals surface area (Å²) in [5.74, 6) is -0.0470. The largest absolute Gasteiger partial charge is 0.340 e. The van der Waals surface area contributed by atoms with Crippen molar-refractivity contribution in [3.63, 3.8) is 0 Å². The lowest BCUT2D eigenvalue weighted by Gasteiger charge is -2.38. The molecule has 1 aromatic rings. The summed E-state index contributed by atoms with van der Waals surface area (Å²) in [6.07, 6.45) is 1.61. The SMILES string of the molecule is CCCS(=O)(=O)N1CCC(C(=O)N2CCN(S(=O)(=O)c3cc(C)ccc3C)CC2)CC1. The van der Waals surface area contributed by atoms with Crippen molar-refractivity contribution in [2.75, 3.05) is 45.0 Å². The van der Waals surface area contributed by atoms with Gasteiger partial charge in [0.05, 0.1) is 10.6 Å². The first kappa shape index (κ1) is 24.2. The van der Waals surface area contributed by atoms with Crippen LogP contribution in [0.5, 0.6) is 0 Å². The van der Waals surface area contributed by atoms with Crippen LogP contribution in [0.2, 0.25) is 0 Å². The van der Waals surface area contributed by atoms with E-state index in [4.69, 9.17) is 0 Å². The van der Waals surface area contributed by atoms with Gasteiger partial charge in [-0.05, 0) is 50.3 Å². The second-order valence-electron chi connectivity index (χ2n) is 8.49. The van der Waals surface area contributed by atoms with E-state index >= 15 is 0 Å². The lowest BCUT2D eigenvalue weighted by molar-refractivity contribution is -0.137. The van der Waals surface area contributed by atoms with Crippen LogP contribution in [0.15, 0.2) is 23.1 Å². The lowest BCUT2D eigenvalue weighted by atomic mass is 9.96. The van der Waals surface area contributed by atoms with Gasteiger partial charge in [0.2, 0.25) is 26.0 Å². The van der Waals surface area contributed by atoms with Crippen LogP contribution in [0, 0.1) is 19.8 Å². The molecule has 2 fully saturated rings. The topological polar surface area (TPSA) is 95.1 Å². The molecule has 0 aliphatic carbocycles. The summed E-state index contributed by atoms with van der Waals surface area (Å²) < 4.78 is 53.6. The molecule has 8 nitrogen and oxygen atoms in total. The van der Waals surface area contributed by atoms with E-state index in [2.05, 4.69) is 0 Å². The molecule has 1 aromatic carbocycles. The average molecular weight is 472 g/mol. The number of nitrogens with zero attached hydrogens (tertiary/aromatic N) is 3. The first-order valence-electron chi connectivity index (χ1n) is 10.9. The van der Waals surface area contributed by atoms with E-state index in [1.807, 2.05) is 26.0 Å². The maximum Gasteiger partial charge on any atom is 0.243 e. The van der Waals surface area contributed by atoms with E-state index < -0.39 is 20.0 Å². The molecule has 3 rings (SSSR count). The van der Waals surface area contributed by atoms with Gasteiger partial charge in [-0.25, -0.2) is 21.1 Å². The monoisotopic (exact) mass is 471 g/mol. The molecule has 2 aliphatic heterocycles. The minimum atomic E-state index is -3.60. The van der Waals surface area contributed by atoms with Crippen molar-refractivity contribution in [2.45, 2.75) is 44.9 Å². The van der Waals surface area contributed by atoms with Crippen molar-refractivity contribution >= 4 is 26.0 Å². The zero-order valence-electron chi connectivity index (χ0n) is 18.6.